The van der Waals surface area contributed by atoms with E-state index < -0.39 is 22.6 Å². The number of ether oxygens (including phenoxy) is 2. The van der Waals surface area contributed by atoms with E-state index in [1.165, 1.54) is 18.3 Å². The van der Waals surface area contributed by atoms with Crippen LogP contribution in [0.5, 0.6) is 17.2 Å². The molecule has 2 aromatic heterocycles. The summed E-state index contributed by atoms with van der Waals surface area (Å²) in [6, 6.07) is 10.8. The van der Waals surface area contributed by atoms with E-state index in [2.05, 4.69) is 15.3 Å². The fraction of sp³-hybridized carbons (Fsp3) is 0.360. The monoisotopic (exact) mass is 551 g/mol. The second kappa shape index (κ2) is 12.9. The van der Waals surface area contributed by atoms with Crippen molar-refractivity contribution in [3.63, 3.8) is 0 Å². The van der Waals surface area contributed by atoms with Crippen molar-refractivity contribution in [3.8, 4) is 28.5 Å². The molecule has 0 aliphatic carbocycles. The maximum absolute atomic E-state index is 13.1. The molecule has 0 bridgehead atoms. The first kappa shape index (κ1) is 28.5. The number of nitrogens with one attached hydrogen (secondary N) is 2. The van der Waals surface area contributed by atoms with E-state index in [4.69, 9.17) is 9.47 Å². The van der Waals surface area contributed by atoms with Gasteiger partial charge in [0.2, 0.25) is 0 Å². The van der Waals surface area contributed by atoms with Crippen LogP contribution in [0.1, 0.15) is 23.8 Å². The molecule has 0 fully saturated rings. The molecule has 9 nitrogen and oxygen atoms in total. The van der Waals surface area contributed by atoms with Gasteiger partial charge < -0.3 is 24.9 Å². The molecule has 200 valence electrons. The Morgan fingerprint density at radius 3 is 2.57 bits per heavy atom. The SMILES string of the molecule is CSCC[C@H](CO)NC(=O)c1ccc(-c2cc(Oc3ccc(S(C)(=O)=O)nc3)cc(O[C@@H](C)CF)c2)[nH]1. The van der Waals surface area contributed by atoms with Gasteiger partial charge in [-0.15, -0.1) is 0 Å². The molecule has 0 spiro atoms. The molecule has 0 saturated heterocycles. The van der Waals surface area contributed by atoms with Gasteiger partial charge in [0.15, 0.2) is 14.9 Å². The van der Waals surface area contributed by atoms with Gasteiger partial charge in [-0.3, -0.25) is 4.79 Å². The highest BCUT2D eigenvalue weighted by Crippen LogP contribution is 2.33. The van der Waals surface area contributed by atoms with Crippen LogP contribution in [-0.2, 0) is 9.84 Å². The highest BCUT2D eigenvalue weighted by Gasteiger charge is 2.16. The summed E-state index contributed by atoms with van der Waals surface area (Å²) in [6.45, 7) is 0.742. The number of H-pyrrole nitrogens is 1. The van der Waals surface area contributed by atoms with E-state index in [-0.39, 0.29) is 23.6 Å². The van der Waals surface area contributed by atoms with Gasteiger partial charge >= 0.3 is 0 Å². The van der Waals surface area contributed by atoms with Gasteiger partial charge in [0.1, 0.15) is 35.7 Å². The molecule has 3 aromatic rings. The number of benzene rings is 1. The van der Waals surface area contributed by atoms with Crippen molar-refractivity contribution in [2.24, 2.45) is 0 Å². The molecular weight excluding hydrogens is 521 g/mol. The van der Waals surface area contributed by atoms with Crippen molar-refractivity contribution in [1.82, 2.24) is 15.3 Å². The number of aliphatic hydroxyl groups excluding tert-OH is 1. The van der Waals surface area contributed by atoms with Gasteiger partial charge in [0.25, 0.3) is 5.91 Å². The van der Waals surface area contributed by atoms with E-state index in [1.807, 2.05) is 6.26 Å². The first-order chi connectivity index (χ1) is 17.6. The zero-order valence-electron chi connectivity index (χ0n) is 20.7. The van der Waals surface area contributed by atoms with Crippen molar-refractivity contribution in [2.75, 3.05) is 31.5 Å². The first-order valence-electron chi connectivity index (χ1n) is 11.4. The van der Waals surface area contributed by atoms with Gasteiger partial charge in [-0.05, 0) is 61.8 Å². The van der Waals surface area contributed by atoms with Gasteiger partial charge in [-0.2, -0.15) is 11.8 Å². The standard InChI is InChI=1S/C25H30FN3O6S2/c1-16(13-26)34-20-10-17(11-21(12-20)35-19-4-7-24(27-14-19)37(3,32)33)22-5-6-23(29-22)25(31)28-18(15-30)8-9-36-2/h4-7,10-12,14,16,18,29-30H,8-9,13,15H2,1-3H3,(H,28,31)/t16-,18+/m0/s1. The molecule has 0 unspecified atom stereocenters. The third-order valence-electron chi connectivity index (χ3n) is 5.23. The Kier molecular flexibility index (Phi) is 9.95. The van der Waals surface area contributed by atoms with Gasteiger partial charge in [0, 0.05) is 23.6 Å². The third-order valence-corrected chi connectivity index (χ3v) is 6.87. The Morgan fingerprint density at radius 2 is 1.95 bits per heavy atom. The quantitative estimate of drug-likeness (QED) is 0.292. The summed E-state index contributed by atoms with van der Waals surface area (Å²) in [4.78, 5) is 19.7. The van der Waals surface area contributed by atoms with Crippen LogP contribution in [-0.4, -0.2) is 73.1 Å². The average Bonchev–Trinajstić information content (AvgIpc) is 3.37. The number of aromatic amines is 1. The predicted molar refractivity (Wildman–Crippen MR) is 141 cm³/mol. The van der Waals surface area contributed by atoms with Crippen LogP contribution in [0.3, 0.4) is 0 Å². The Labute approximate surface area is 219 Å². The lowest BCUT2D eigenvalue weighted by Gasteiger charge is -2.15. The van der Waals surface area contributed by atoms with E-state index in [0.29, 0.717) is 40.6 Å². The third kappa shape index (κ3) is 8.20. The summed E-state index contributed by atoms with van der Waals surface area (Å²) in [5.41, 5.74) is 1.51. The number of halogens is 1. The molecule has 3 N–H and O–H groups in total. The Bertz CT molecular complexity index is 1300. The van der Waals surface area contributed by atoms with Crippen LogP contribution in [0.25, 0.3) is 11.3 Å². The molecule has 1 amide bonds. The van der Waals surface area contributed by atoms with Crippen LogP contribution < -0.4 is 14.8 Å². The zero-order valence-corrected chi connectivity index (χ0v) is 22.4. The number of hydrogen-bond acceptors (Lipinski definition) is 8. The average molecular weight is 552 g/mol. The van der Waals surface area contributed by atoms with Crippen molar-refractivity contribution in [2.45, 2.75) is 30.5 Å². The number of rotatable bonds is 13. The molecule has 0 aliphatic heterocycles. The molecule has 0 radical (unpaired) electrons. The number of sulfone groups is 1. The molecule has 1 aromatic carbocycles. The Morgan fingerprint density at radius 1 is 1.19 bits per heavy atom. The molecule has 37 heavy (non-hydrogen) atoms. The number of alkyl halides is 1. The number of aromatic nitrogens is 2. The smallest absolute Gasteiger partial charge is 0.268 e. The summed E-state index contributed by atoms with van der Waals surface area (Å²) in [5.74, 6) is 1.43. The van der Waals surface area contributed by atoms with Gasteiger partial charge in [0.05, 0.1) is 18.8 Å². The molecule has 3 rings (SSSR count). The summed E-state index contributed by atoms with van der Waals surface area (Å²) >= 11 is 1.63. The number of hydrogen-bond donors (Lipinski definition) is 3. The number of pyridine rings is 1. The van der Waals surface area contributed by atoms with Crippen LogP contribution >= 0.6 is 11.8 Å². The van der Waals surface area contributed by atoms with Crippen molar-refractivity contribution in [1.29, 1.82) is 0 Å². The fourth-order valence-electron chi connectivity index (χ4n) is 3.33. The van der Waals surface area contributed by atoms with Gasteiger partial charge in [-0.25, -0.2) is 17.8 Å². The highest BCUT2D eigenvalue weighted by atomic mass is 32.2. The Hall–Kier alpha value is -3.09. The molecule has 0 aliphatic rings. The maximum atomic E-state index is 13.1. The van der Waals surface area contributed by atoms with Crippen molar-refractivity contribution >= 4 is 27.5 Å². The zero-order chi connectivity index (χ0) is 27.0. The van der Waals surface area contributed by atoms with Crippen LogP contribution in [0, 0.1) is 0 Å². The minimum atomic E-state index is -3.45. The summed E-state index contributed by atoms with van der Waals surface area (Å²) in [5, 5.41) is 12.3. The summed E-state index contributed by atoms with van der Waals surface area (Å²) in [7, 11) is -3.45. The molecule has 2 atom stereocenters. The molecule has 2 heterocycles. The number of amides is 1. The number of carbonyl (C=O) groups is 1. The lowest BCUT2D eigenvalue weighted by Crippen LogP contribution is -2.38. The second-order valence-corrected chi connectivity index (χ2v) is 11.4. The van der Waals surface area contributed by atoms with E-state index >= 15 is 0 Å². The maximum Gasteiger partial charge on any atom is 0.268 e. The van der Waals surface area contributed by atoms with Crippen LogP contribution in [0.2, 0.25) is 0 Å². The van der Waals surface area contributed by atoms with Crippen molar-refractivity contribution < 1.29 is 32.2 Å². The van der Waals surface area contributed by atoms with E-state index in [0.717, 1.165) is 12.0 Å². The van der Waals surface area contributed by atoms with E-state index in [9.17, 15) is 22.7 Å². The minimum Gasteiger partial charge on any atom is -0.488 e. The van der Waals surface area contributed by atoms with Crippen LogP contribution in [0.4, 0.5) is 4.39 Å². The molecule has 0 saturated carbocycles. The lowest BCUT2D eigenvalue weighted by atomic mass is 10.1. The largest absolute Gasteiger partial charge is 0.488 e. The molecule has 12 heteroatoms. The Balaban J connectivity index is 1.86. The summed E-state index contributed by atoms with van der Waals surface area (Å²) < 4.78 is 47.9. The van der Waals surface area contributed by atoms with E-state index in [1.54, 1.807) is 49.0 Å². The summed E-state index contributed by atoms with van der Waals surface area (Å²) in [6.07, 6.45) is 4.26. The highest BCUT2D eigenvalue weighted by molar-refractivity contribution is 7.98. The minimum absolute atomic E-state index is 0.0801. The fourth-order valence-corrected chi connectivity index (χ4v) is 4.41. The van der Waals surface area contributed by atoms with Crippen molar-refractivity contribution in [3.05, 3.63) is 54.4 Å². The first-order valence-corrected chi connectivity index (χ1v) is 14.7. The number of thioether (sulfide) groups is 1. The topological polar surface area (TPSA) is 131 Å². The lowest BCUT2D eigenvalue weighted by molar-refractivity contribution is 0.0911. The van der Waals surface area contributed by atoms with Gasteiger partial charge in [-0.1, -0.05) is 0 Å². The normalized spacial score (nSPS) is 13.1. The predicted octanol–water partition coefficient (Wildman–Crippen LogP) is 3.85. The number of aliphatic hydroxyl groups is 1. The number of carbonyl (C=O) groups excluding carboxylic acids is 1. The second-order valence-electron chi connectivity index (χ2n) is 8.40. The number of nitrogens with zero attached hydrogens (tertiary/aromatic N) is 1. The molecular formula is C25H30FN3O6S2. The van der Waals surface area contributed by atoms with Crippen LogP contribution in [0.15, 0.2) is 53.7 Å².